The Bertz CT molecular complexity index is 289. The molecule has 0 radical (unpaired) electrons. The highest BCUT2D eigenvalue weighted by Crippen LogP contribution is 2.45. The van der Waals surface area contributed by atoms with Crippen LogP contribution >= 0.6 is 0 Å². The first-order valence-electron chi connectivity index (χ1n) is 7.20. The normalized spacial score (nSPS) is 33.7. The summed E-state index contributed by atoms with van der Waals surface area (Å²) in [5.74, 6) is 0.0394. The summed E-state index contributed by atoms with van der Waals surface area (Å²) >= 11 is 0. The molecule has 0 aromatic heterocycles. The van der Waals surface area contributed by atoms with Crippen molar-refractivity contribution in [3.05, 3.63) is 0 Å². The fourth-order valence-corrected chi connectivity index (χ4v) is 3.31. The van der Waals surface area contributed by atoms with Crippen LogP contribution in [0.2, 0.25) is 0 Å². The number of aliphatic carboxylic acids is 1. The molecule has 4 heteroatoms. The predicted octanol–water partition coefficient (Wildman–Crippen LogP) is 1.99. The van der Waals surface area contributed by atoms with E-state index < -0.39 is 11.4 Å². The van der Waals surface area contributed by atoms with Gasteiger partial charge >= 0.3 is 5.97 Å². The van der Waals surface area contributed by atoms with Gasteiger partial charge in [-0.1, -0.05) is 13.3 Å². The molecule has 4 nitrogen and oxygen atoms in total. The molecule has 0 spiro atoms. The van der Waals surface area contributed by atoms with Crippen molar-refractivity contribution >= 4 is 5.97 Å². The van der Waals surface area contributed by atoms with Crippen LogP contribution in [0.4, 0.5) is 0 Å². The maximum atomic E-state index is 11.6. The van der Waals surface area contributed by atoms with Crippen molar-refractivity contribution in [1.29, 1.82) is 0 Å². The zero-order valence-corrected chi connectivity index (χ0v) is 11.4. The van der Waals surface area contributed by atoms with E-state index in [4.69, 9.17) is 4.74 Å². The summed E-state index contributed by atoms with van der Waals surface area (Å²) in [6, 6.07) is 0. The van der Waals surface area contributed by atoms with Crippen molar-refractivity contribution in [3.63, 3.8) is 0 Å². The molecule has 2 unspecified atom stereocenters. The van der Waals surface area contributed by atoms with E-state index in [1.807, 2.05) is 0 Å². The van der Waals surface area contributed by atoms with Gasteiger partial charge in [0.25, 0.3) is 0 Å². The number of ether oxygens (including phenoxy) is 1. The van der Waals surface area contributed by atoms with Crippen molar-refractivity contribution in [2.24, 2.45) is 11.3 Å². The third kappa shape index (κ3) is 3.04. The van der Waals surface area contributed by atoms with Gasteiger partial charge in [-0.15, -0.1) is 0 Å². The van der Waals surface area contributed by atoms with Gasteiger partial charge in [0.1, 0.15) is 0 Å². The van der Waals surface area contributed by atoms with Gasteiger partial charge in [-0.3, -0.25) is 9.69 Å². The largest absolute Gasteiger partial charge is 0.481 e. The second kappa shape index (κ2) is 6.02. The Morgan fingerprint density at radius 1 is 1.44 bits per heavy atom. The van der Waals surface area contributed by atoms with Crippen LogP contribution in [0.15, 0.2) is 0 Å². The molecule has 1 heterocycles. The molecule has 2 rings (SSSR count). The minimum Gasteiger partial charge on any atom is -0.481 e. The van der Waals surface area contributed by atoms with E-state index in [0.717, 1.165) is 65.0 Å². The molecule has 1 aliphatic carbocycles. The molecule has 2 aliphatic rings. The molecule has 0 amide bonds. The van der Waals surface area contributed by atoms with E-state index in [1.54, 1.807) is 0 Å². The van der Waals surface area contributed by atoms with E-state index in [1.165, 1.54) is 0 Å². The highest BCUT2D eigenvalue weighted by Gasteiger charge is 2.44. The van der Waals surface area contributed by atoms with Crippen LogP contribution in [0.25, 0.3) is 0 Å². The molecule has 104 valence electrons. The molecular formula is C14H25NO3. The van der Waals surface area contributed by atoms with Crippen molar-refractivity contribution < 1.29 is 14.6 Å². The van der Waals surface area contributed by atoms with Crippen LogP contribution in [-0.4, -0.2) is 48.8 Å². The molecule has 2 fully saturated rings. The Morgan fingerprint density at radius 2 is 2.17 bits per heavy atom. The van der Waals surface area contributed by atoms with Crippen LogP contribution in [-0.2, 0) is 9.53 Å². The van der Waals surface area contributed by atoms with Crippen LogP contribution in [0.5, 0.6) is 0 Å². The lowest BCUT2D eigenvalue weighted by Crippen LogP contribution is -2.40. The first-order valence-corrected chi connectivity index (χ1v) is 7.20. The summed E-state index contributed by atoms with van der Waals surface area (Å²) in [6.45, 7) is 6.56. The Morgan fingerprint density at radius 3 is 2.72 bits per heavy atom. The summed E-state index contributed by atoms with van der Waals surface area (Å²) in [7, 11) is 0. The number of carbonyl (C=O) groups is 1. The fraction of sp³-hybridized carbons (Fsp3) is 0.929. The number of rotatable bonds is 5. The topological polar surface area (TPSA) is 49.8 Å². The average Bonchev–Trinajstić information content (AvgIpc) is 2.83. The zero-order chi connectivity index (χ0) is 13.0. The molecule has 1 saturated heterocycles. The van der Waals surface area contributed by atoms with E-state index in [9.17, 15) is 9.90 Å². The van der Waals surface area contributed by atoms with Gasteiger partial charge in [-0.2, -0.15) is 0 Å². The maximum absolute atomic E-state index is 11.6. The van der Waals surface area contributed by atoms with E-state index >= 15 is 0 Å². The lowest BCUT2D eigenvalue weighted by molar-refractivity contribution is -0.149. The second-order valence-electron chi connectivity index (χ2n) is 5.81. The minimum atomic E-state index is -0.577. The second-order valence-corrected chi connectivity index (χ2v) is 5.81. The predicted molar refractivity (Wildman–Crippen MR) is 69.6 cm³/mol. The molecule has 0 aromatic rings. The van der Waals surface area contributed by atoms with Crippen molar-refractivity contribution in [2.75, 3.05) is 32.8 Å². The van der Waals surface area contributed by atoms with Crippen molar-refractivity contribution in [2.45, 2.75) is 39.0 Å². The van der Waals surface area contributed by atoms with E-state index in [0.29, 0.717) is 5.92 Å². The molecule has 1 aliphatic heterocycles. The number of morpholine rings is 1. The van der Waals surface area contributed by atoms with Gasteiger partial charge in [0.15, 0.2) is 0 Å². The first kappa shape index (κ1) is 13.8. The highest BCUT2D eigenvalue weighted by molar-refractivity contribution is 5.75. The third-order valence-corrected chi connectivity index (χ3v) is 4.75. The summed E-state index contributed by atoms with van der Waals surface area (Å²) in [6.07, 6.45) is 4.76. The lowest BCUT2D eigenvalue weighted by Gasteiger charge is -2.31. The molecular weight excluding hydrogens is 230 g/mol. The first-order chi connectivity index (χ1) is 8.66. The highest BCUT2D eigenvalue weighted by atomic mass is 16.5. The summed E-state index contributed by atoms with van der Waals surface area (Å²) < 4.78 is 5.32. The van der Waals surface area contributed by atoms with Gasteiger partial charge in [0, 0.05) is 13.1 Å². The summed E-state index contributed by atoms with van der Waals surface area (Å²) in [5, 5.41) is 9.56. The van der Waals surface area contributed by atoms with E-state index in [-0.39, 0.29) is 0 Å². The maximum Gasteiger partial charge on any atom is 0.309 e. The van der Waals surface area contributed by atoms with Crippen molar-refractivity contribution in [1.82, 2.24) is 4.90 Å². The van der Waals surface area contributed by atoms with Gasteiger partial charge in [0.05, 0.1) is 18.6 Å². The minimum absolute atomic E-state index is 0.445. The molecule has 1 saturated carbocycles. The molecule has 0 aromatic carbocycles. The Balaban J connectivity index is 1.88. The summed E-state index contributed by atoms with van der Waals surface area (Å²) in [5.41, 5.74) is -0.445. The van der Waals surface area contributed by atoms with Gasteiger partial charge in [0.2, 0.25) is 0 Å². The van der Waals surface area contributed by atoms with Crippen LogP contribution in [0, 0.1) is 11.3 Å². The van der Waals surface area contributed by atoms with Gasteiger partial charge in [-0.25, -0.2) is 0 Å². The number of hydrogen-bond donors (Lipinski definition) is 1. The quantitative estimate of drug-likeness (QED) is 0.816. The van der Waals surface area contributed by atoms with E-state index in [2.05, 4.69) is 11.8 Å². The number of carboxylic acids is 1. The van der Waals surface area contributed by atoms with Crippen LogP contribution in [0.1, 0.15) is 39.0 Å². The van der Waals surface area contributed by atoms with Crippen LogP contribution in [0.3, 0.4) is 0 Å². The fourth-order valence-electron chi connectivity index (χ4n) is 3.31. The molecule has 1 N–H and O–H groups in total. The number of hydrogen-bond acceptors (Lipinski definition) is 3. The SMILES string of the molecule is CCC1CCC(CCN2CCOCC2)(C(=O)O)C1. The lowest BCUT2D eigenvalue weighted by atomic mass is 9.81. The smallest absolute Gasteiger partial charge is 0.309 e. The monoisotopic (exact) mass is 255 g/mol. The molecule has 0 bridgehead atoms. The number of carboxylic acid groups (broad SMARTS) is 1. The van der Waals surface area contributed by atoms with Crippen molar-refractivity contribution in [3.8, 4) is 0 Å². The van der Waals surface area contributed by atoms with Gasteiger partial charge in [-0.05, 0) is 38.1 Å². The zero-order valence-electron chi connectivity index (χ0n) is 11.4. The Hall–Kier alpha value is -0.610. The third-order valence-electron chi connectivity index (χ3n) is 4.75. The van der Waals surface area contributed by atoms with Crippen LogP contribution < -0.4 is 0 Å². The molecule has 18 heavy (non-hydrogen) atoms. The standard InChI is InChI=1S/C14H25NO3/c1-2-12-3-4-14(11-12,13(16)17)5-6-15-7-9-18-10-8-15/h12H,2-11H2,1H3,(H,16,17). The summed E-state index contributed by atoms with van der Waals surface area (Å²) in [4.78, 5) is 14.0. The Labute approximate surface area is 109 Å². The van der Waals surface area contributed by atoms with Gasteiger partial charge < -0.3 is 9.84 Å². The Kier molecular flexibility index (Phi) is 4.62. The number of nitrogens with zero attached hydrogens (tertiary/aromatic N) is 1. The average molecular weight is 255 g/mol. The molecule has 2 atom stereocenters.